The standard InChI is InChI=1S/C44H47N7O2/c1-31(2)53-38-27-24-32(30-45-38)36-25-26-37(46-42(52)50-28-16-9-17-29-50)40(43(3,4)5)39(36)41-47-49-51(48-41)44(33-18-10-6-11-19-33,34-20-12-7-13-21-34)35-22-14-8-15-23-35/h6-8,10-15,18-27,30-31H,9,16-17,28-29H2,1-5H3,(H,46,52). The number of hydrogen-bond acceptors (Lipinski definition) is 6. The maximum atomic E-state index is 13.7. The number of ether oxygens (including phenoxy) is 1. The summed E-state index contributed by atoms with van der Waals surface area (Å²) in [6, 6.07) is 38.8. The molecule has 270 valence electrons. The highest BCUT2D eigenvalue weighted by Crippen LogP contribution is 2.45. The van der Waals surface area contributed by atoms with Crippen LogP contribution < -0.4 is 10.1 Å². The minimum Gasteiger partial charge on any atom is -0.475 e. The largest absolute Gasteiger partial charge is 0.475 e. The predicted molar refractivity (Wildman–Crippen MR) is 210 cm³/mol. The number of hydrogen-bond donors (Lipinski definition) is 1. The minimum atomic E-state index is -0.950. The molecule has 1 N–H and O–H groups in total. The van der Waals surface area contributed by atoms with Gasteiger partial charge in [-0.1, -0.05) is 118 Å². The molecular formula is C44H47N7O2. The van der Waals surface area contributed by atoms with Gasteiger partial charge in [0.1, 0.15) is 0 Å². The molecule has 53 heavy (non-hydrogen) atoms. The number of benzene rings is 4. The first kappa shape index (κ1) is 35.6. The molecule has 0 atom stereocenters. The molecule has 0 spiro atoms. The number of amides is 2. The lowest BCUT2D eigenvalue weighted by atomic mass is 9.77. The third kappa shape index (κ3) is 7.16. The summed E-state index contributed by atoms with van der Waals surface area (Å²) in [4.78, 5) is 22.0. The summed E-state index contributed by atoms with van der Waals surface area (Å²) in [7, 11) is 0. The summed E-state index contributed by atoms with van der Waals surface area (Å²) in [6.45, 7) is 11.9. The van der Waals surface area contributed by atoms with Gasteiger partial charge in [0, 0.05) is 42.2 Å². The van der Waals surface area contributed by atoms with Crippen LogP contribution in [0.25, 0.3) is 22.5 Å². The SMILES string of the molecule is CC(C)Oc1ccc(-c2ccc(NC(=O)N3CCCCC3)c(C(C)(C)C)c2-c2nnn(C(c3ccccc3)(c3ccccc3)c3ccccc3)n2)cn1. The van der Waals surface area contributed by atoms with E-state index in [9.17, 15) is 4.79 Å². The van der Waals surface area contributed by atoms with Gasteiger partial charge in [0.25, 0.3) is 0 Å². The first-order valence-corrected chi connectivity index (χ1v) is 18.5. The molecular weight excluding hydrogens is 659 g/mol. The van der Waals surface area contributed by atoms with Crippen LogP contribution in [0.3, 0.4) is 0 Å². The van der Waals surface area contributed by atoms with Crippen LogP contribution in [0.1, 0.15) is 76.1 Å². The summed E-state index contributed by atoms with van der Waals surface area (Å²) in [5.41, 5.74) is 5.73. The zero-order chi connectivity index (χ0) is 37.0. The van der Waals surface area contributed by atoms with E-state index in [1.165, 1.54) is 0 Å². The number of nitrogens with one attached hydrogen (secondary N) is 1. The summed E-state index contributed by atoms with van der Waals surface area (Å²) in [5.74, 6) is 0.989. The second kappa shape index (κ2) is 15.0. The highest BCUT2D eigenvalue weighted by Gasteiger charge is 2.42. The molecule has 6 aromatic rings. The maximum Gasteiger partial charge on any atom is 0.321 e. The van der Waals surface area contributed by atoms with Crippen molar-refractivity contribution in [1.29, 1.82) is 0 Å². The van der Waals surface area contributed by atoms with Crippen molar-refractivity contribution in [3.05, 3.63) is 144 Å². The number of carbonyl (C=O) groups is 1. The molecule has 7 rings (SSSR count). The van der Waals surface area contributed by atoms with Crippen molar-refractivity contribution < 1.29 is 9.53 Å². The Labute approximate surface area is 312 Å². The van der Waals surface area contributed by atoms with Gasteiger partial charge in [-0.15, -0.1) is 15.0 Å². The summed E-state index contributed by atoms with van der Waals surface area (Å²) >= 11 is 0. The first-order chi connectivity index (χ1) is 25.7. The van der Waals surface area contributed by atoms with Gasteiger partial charge in [-0.25, -0.2) is 9.78 Å². The minimum absolute atomic E-state index is 0.00227. The van der Waals surface area contributed by atoms with Crippen LogP contribution in [0.5, 0.6) is 5.88 Å². The Morgan fingerprint density at radius 2 is 1.34 bits per heavy atom. The van der Waals surface area contributed by atoms with E-state index >= 15 is 0 Å². The fourth-order valence-corrected chi connectivity index (χ4v) is 7.44. The van der Waals surface area contributed by atoms with Gasteiger partial charge in [-0.2, -0.15) is 0 Å². The molecule has 0 bridgehead atoms. The predicted octanol–water partition coefficient (Wildman–Crippen LogP) is 9.34. The van der Waals surface area contributed by atoms with Crippen molar-refractivity contribution in [2.75, 3.05) is 18.4 Å². The summed E-state index contributed by atoms with van der Waals surface area (Å²) < 4.78 is 5.88. The average Bonchev–Trinajstić information content (AvgIpc) is 3.66. The number of pyridine rings is 1. The van der Waals surface area contributed by atoms with Crippen LogP contribution in [0, 0.1) is 0 Å². The van der Waals surface area contributed by atoms with Crippen LogP contribution in [-0.4, -0.2) is 55.3 Å². The zero-order valence-corrected chi connectivity index (χ0v) is 31.2. The summed E-state index contributed by atoms with van der Waals surface area (Å²) in [5, 5.41) is 18.4. The molecule has 3 heterocycles. The van der Waals surface area contributed by atoms with Crippen LogP contribution >= 0.6 is 0 Å². The Morgan fingerprint density at radius 3 is 1.85 bits per heavy atom. The molecule has 0 aliphatic carbocycles. The van der Waals surface area contributed by atoms with E-state index in [0.717, 1.165) is 77.0 Å². The number of aromatic nitrogens is 5. The van der Waals surface area contributed by atoms with Gasteiger partial charge in [0.2, 0.25) is 11.7 Å². The summed E-state index contributed by atoms with van der Waals surface area (Å²) in [6.07, 6.45) is 4.97. The number of urea groups is 1. The molecule has 1 fully saturated rings. The molecule has 4 aromatic carbocycles. The van der Waals surface area contributed by atoms with Gasteiger partial charge in [-0.3, -0.25) is 0 Å². The Bertz CT molecular complexity index is 2040. The Morgan fingerprint density at radius 1 is 0.755 bits per heavy atom. The molecule has 2 amide bonds. The van der Waals surface area contributed by atoms with E-state index in [1.807, 2.05) is 104 Å². The lowest BCUT2D eigenvalue weighted by Crippen LogP contribution is -2.39. The van der Waals surface area contributed by atoms with Crippen molar-refractivity contribution in [1.82, 2.24) is 30.1 Å². The Kier molecular flexibility index (Phi) is 10.1. The van der Waals surface area contributed by atoms with E-state index in [2.05, 4.69) is 67.5 Å². The number of carbonyl (C=O) groups excluding carboxylic acids is 1. The number of likely N-dealkylation sites (tertiary alicyclic amines) is 1. The fraction of sp³-hybridized carbons (Fsp3) is 0.295. The van der Waals surface area contributed by atoms with Crippen LogP contribution in [-0.2, 0) is 11.0 Å². The van der Waals surface area contributed by atoms with E-state index in [0.29, 0.717) is 11.7 Å². The average molecular weight is 706 g/mol. The van der Waals surface area contributed by atoms with Gasteiger partial charge < -0.3 is 15.0 Å². The van der Waals surface area contributed by atoms with E-state index in [1.54, 1.807) is 4.80 Å². The molecule has 0 radical (unpaired) electrons. The van der Waals surface area contributed by atoms with Gasteiger partial charge in [0.15, 0.2) is 5.54 Å². The lowest BCUT2D eigenvalue weighted by molar-refractivity contribution is 0.200. The zero-order valence-electron chi connectivity index (χ0n) is 31.2. The molecule has 1 aliphatic heterocycles. The third-order valence-electron chi connectivity index (χ3n) is 9.76. The Balaban J connectivity index is 1.47. The number of piperidine rings is 1. The highest BCUT2D eigenvalue weighted by molar-refractivity contribution is 5.95. The van der Waals surface area contributed by atoms with E-state index < -0.39 is 11.0 Å². The highest BCUT2D eigenvalue weighted by atomic mass is 16.5. The third-order valence-corrected chi connectivity index (χ3v) is 9.76. The molecule has 2 aromatic heterocycles. The Hall–Kier alpha value is -5.83. The molecule has 1 aliphatic rings. The molecule has 0 unspecified atom stereocenters. The van der Waals surface area contributed by atoms with Crippen molar-refractivity contribution >= 4 is 11.7 Å². The number of tetrazole rings is 1. The quantitative estimate of drug-likeness (QED) is 0.151. The lowest BCUT2D eigenvalue weighted by Gasteiger charge is -2.34. The van der Waals surface area contributed by atoms with Gasteiger partial charge in [-0.05, 0) is 83.7 Å². The number of rotatable bonds is 9. The van der Waals surface area contributed by atoms with Gasteiger partial charge in [0.05, 0.1) is 6.10 Å². The normalized spacial score (nSPS) is 13.6. The molecule has 9 heteroatoms. The smallest absolute Gasteiger partial charge is 0.321 e. The van der Waals surface area contributed by atoms with Crippen LogP contribution in [0.2, 0.25) is 0 Å². The van der Waals surface area contributed by atoms with Crippen LogP contribution in [0.15, 0.2) is 121 Å². The van der Waals surface area contributed by atoms with Crippen molar-refractivity contribution in [2.45, 2.75) is 70.9 Å². The second-order valence-electron chi connectivity index (χ2n) is 14.9. The van der Waals surface area contributed by atoms with E-state index in [-0.39, 0.29) is 12.1 Å². The van der Waals surface area contributed by atoms with E-state index in [4.69, 9.17) is 20.1 Å². The molecule has 0 saturated carbocycles. The monoisotopic (exact) mass is 705 g/mol. The molecule has 1 saturated heterocycles. The topological polar surface area (TPSA) is 98.1 Å². The van der Waals surface area contributed by atoms with Crippen molar-refractivity contribution in [3.63, 3.8) is 0 Å². The van der Waals surface area contributed by atoms with Crippen molar-refractivity contribution in [3.8, 4) is 28.4 Å². The number of nitrogens with zero attached hydrogens (tertiary/aromatic N) is 6. The second-order valence-corrected chi connectivity index (χ2v) is 14.9. The fourth-order valence-electron chi connectivity index (χ4n) is 7.44. The van der Waals surface area contributed by atoms with Gasteiger partial charge >= 0.3 is 6.03 Å². The molecule has 9 nitrogen and oxygen atoms in total. The van der Waals surface area contributed by atoms with Crippen molar-refractivity contribution in [2.24, 2.45) is 0 Å². The maximum absolute atomic E-state index is 13.7. The number of anilines is 1. The van der Waals surface area contributed by atoms with Crippen LogP contribution in [0.4, 0.5) is 10.5 Å². The first-order valence-electron chi connectivity index (χ1n) is 18.5.